The Balaban J connectivity index is 3.63. The minimum Gasteiger partial charge on any atom is -0.396 e. The molecule has 0 saturated heterocycles. The fourth-order valence-electron chi connectivity index (χ4n) is 0.690. The molecule has 3 N–H and O–H groups in total. The van der Waals surface area contributed by atoms with Crippen molar-refractivity contribution in [2.24, 2.45) is 0 Å². The molecule has 0 saturated carbocycles. The molecule has 0 heterocycles. The lowest BCUT2D eigenvalue weighted by molar-refractivity contribution is -0.106. The highest BCUT2D eigenvalue weighted by Gasteiger charge is 2.26. The number of aliphatic hydroxyl groups is 2. The van der Waals surface area contributed by atoms with E-state index in [0.717, 1.165) is 0 Å². The van der Waals surface area contributed by atoms with E-state index in [9.17, 15) is 5.11 Å². The van der Waals surface area contributed by atoms with Crippen molar-refractivity contribution >= 4 is 0 Å². The second-order valence-electron chi connectivity index (χ2n) is 2.99. The van der Waals surface area contributed by atoms with E-state index in [1.165, 1.54) is 0 Å². The van der Waals surface area contributed by atoms with Crippen LogP contribution in [-0.2, 0) is 4.74 Å². The average molecular weight is 177 g/mol. The summed E-state index contributed by atoms with van der Waals surface area (Å²) in [5.74, 6) is 0. The van der Waals surface area contributed by atoms with E-state index in [4.69, 9.17) is 9.84 Å². The molecule has 0 radical (unpaired) electrons. The minimum atomic E-state index is -1.00. The van der Waals surface area contributed by atoms with Crippen molar-refractivity contribution in [2.75, 3.05) is 20.3 Å². The van der Waals surface area contributed by atoms with Crippen molar-refractivity contribution in [3.8, 4) is 0 Å². The van der Waals surface area contributed by atoms with Crippen LogP contribution in [0.2, 0.25) is 0 Å². The van der Waals surface area contributed by atoms with Gasteiger partial charge in [0.1, 0.15) is 5.72 Å². The number of aliphatic hydroxyl groups excluding tert-OH is 1. The van der Waals surface area contributed by atoms with Gasteiger partial charge in [-0.2, -0.15) is 0 Å². The summed E-state index contributed by atoms with van der Waals surface area (Å²) >= 11 is 0. The Morgan fingerprint density at radius 1 is 1.58 bits per heavy atom. The third-order valence-corrected chi connectivity index (χ3v) is 1.97. The highest BCUT2D eigenvalue weighted by Crippen LogP contribution is 2.08. The topological polar surface area (TPSA) is 61.7 Å². The SMILES string of the molecule is CNC(C)(O)C(C)OCCCO. The van der Waals surface area contributed by atoms with E-state index in [1.807, 2.05) is 0 Å². The van der Waals surface area contributed by atoms with Gasteiger partial charge in [0.25, 0.3) is 0 Å². The molecule has 0 aromatic rings. The summed E-state index contributed by atoms with van der Waals surface area (Å²) in [5.41, 5.74) is -1.00. The van der Waals surface area contributed by atoms with Gasteiger partial charge in [-0.05, 0) is 27.3 Å². The van der Waals surface area contributed by atoms with Gasteiger partial charge in [-0.15, -0.1) is 0 Å². The van der Waals surface area contributed by atoms with Crippen LogP contribution in [0.25, 0.3) is 0 Å². The van der Waals surface area contributed by atoms with Crippen molar-refractivity contribution in [3.63, 3.8) is 0 Å². The van der Waals surface area contributed by atoms with E-state index >= 15 is 0 Å². The Morgan fingerprint density at radius 3 is 2.58 bits per heavy atom. The highest BCUT2D eigenvalue weighted by atomic mass is 16.5. The number of nitrogens with one attached hydrogen (secondary N) is 1. The van der Waals surface area contributed by atoms with Gasteiger partial charge in [-0.3, -0.25) is 5.32 Å². The predicted octanol–water partition coefficient (Wildman–Crippen LogP) is -0.298. The summed E-state index contributed by atoms with van der Waals surface area (Å²) < 4.78 is 5.27. The average Bonchev–Trinajstić information content (AvgIpc) is 2.05. The summed E-state index contributed by atoms with van der Waals surface area (Å²) in [6.07, 6.45) is 0.318. The second kappa shape index (κ2) is 5.48. The van der Waals surface area contributed by atoms with Crippen molar-refractivity contribution in [1.82, 2.24) is 5.32 Å². The van der Waals surface area contributed by atoms with E-state index in [1.54, 1.807) is 20.9 Å². The van der Waals surface area contributed by atoms with Gasteiger partial charge in [0.05, 0.1) is 6.10 Å². The van der Waals surface area contributed by atoms with Crippen LogP contribution in [-0.4, -0.2) is 42.3 Å². The smallest absolute Gasteiger partial charge is 0.139 e. The van der Waals surface area contributed by atoms with Crippen molar-refractivity contribution in [3.05, 3.63) is 0 Å². The molecule has 2 unspecified atom stereocenters. The molecule has 0 spiro atoms. The molecule has 0 aromatic heterocycles. The predicted molar refractivity (Wildman–Crippen MR) is 46.8 cm³/mol. The fourth-order valence-corrected chi connectivity index (χ4v) is 0.690. The van der Waals surface area contributed by atoms with Gasteiger partial charge >= 0.3 is 0 Å². The molecule has 2 atom stereocenters. The Labute approximate surface area is 73.5 Å². The van der Waals surface area contributed by atoms with Crippen molar-refractivity contribution in [1.29, 1.82) is 0 Å². The van der Waals surface area contributed by atoms with Gasteiger partial charge in [-0.1, -0.05) is 0 Å². The quantitative estimate of drug-likeness (QED) is 0.385. The first-order chi connectivity index (χ1) is 5.54. The largest absolute Gasteiger partial charge is 0.396 e. The monoisotopic (exact) mass is 177 g/mol. The maximum absolute atomic E-state index is 9.59. The molecular formula is C8H19NO3. The van der Waals surface area contributed by atoms with Gasteiger partial charge in [0, 0.05) is 13.2 Å². The number of rotatable bonds is 6. The molecule has 0 bridgehead atoms. The van der Waals surface area contributed by atoms with Crippen LogP contribution >= 0.6 is 0 Å². The first-order valence-corrected chi connectivity index (χ1v) is 4.18. The summed E-state index contributed by atoms with van der Waals surface area (Å²) in [7, 11) is 1.67. The third kappa shape index (κ3) is 4.01. The maximum Gasteiger partial charge on any atom is 0.139 e. The zero-order valence-electron chi connectivity index (χ0n) is 8.00. The molecule has 0 aromatic carbocycles. The third-order valence-electron chi connectivity index (χ3n) is 1.97. The molecule has 4 nitrogen and oxygen atoms in total. The number of hydrogen-bond acceptors (Lipinski definition) is 4. The van der Waals surface area contributed by atoms with Gasteiger partial charge in [-0.25, -0.2) is 0 Å². The van der Waals surface area contributed by atoms with E-state index in [2.05, 4.69) is 5.32 Å². The molecule has 12 heavy (non-hydrogen) atoms. The fraction of sp³-hybridized carbons (Fsp3) is 1.00. The van der Waals surface area contributed by atoms with Crippen LogP contribution in [0.3, 0.4) is 0 Å². The molecule has 0 rings (SSSR count). The molecule has 0 aliphatic carbocycles. The molecule has 0 amide bonds. The lowest BCUT2D eigenvalue weighted by Gasteiger charge is -2.29. The molecule has 0 aliphatic rings. The first-order valence-electron chi connectivity index (χ1n) is 4.18. The van der Waals surface area contributed by atoms with Crippen LogP contribution in [0.1, 0.15) is 20.3 Å². The summed E-state index contributed by atoms with van der Waals surface area (Å²) in [4.78, 5) is 0. The standard InChI is InChI=1S/C8H19NO3/c1-7(8(2,11)9-3)12-6-4-5-10/h7,9-11H,4-6H2,1-3H3. The Hall–Kier alpha value is -0.160. The van der Waals surface area contributed by atoms with E-state index in [0.29, 0.717) is 13.0 Å². The molecule has 0 fully saturated rings. The lowest BCUT2D eigenvalue weighted by Crippen LogP contribution is -2.50. The number of hydrogen-bond donors (Lipinski definition) is 3. The minimum absolute atomic E-state index is 0.119. The lowest BCUT2D eigenvalue weighted by atomic mass is 10.1. The van der Waals surface area contributed by atoms with Crippen LogP contribution in [0.15, 0.2) is 0 Å². The van der Waals surface area contributed by atoms with Crippen molar-refractivity contribution in [2.45, 2.75) is 32.1 Å². The molecule has 4 heteroatoms. The highest BCUT2D eigenvalue weighted by molar-refractivity contribution is 4.74. The molecule has 0 aliphatic heterocycles. The molecule has 74 valence electrons. The summed E-state index contributed by atoms with van der Waals surface area (Å²) in [6, 6.07) is 0. The number of likely N-dealkylation sites (N-methyl/N-ethyl adjacent to an activating group) is 1. The Kier molecular flexibility index (Phi) is 5.41. The van der Waals surface area contributed by atoms with Gasteiger partial charge < -0.3 is 14.9 Å². The first kappa shape index (κ1) is 11.8. The van der Waals surface area contributed by atoms with E-state index < -0.39 is 5.72 Å². The van der Waals surface area contributed by atoms with Gasteiger partial charge in [0.15, 0.2) is 0 Å². The summed E-state index contributed by atoms with van der Waals surface area (Å²) in [5, 5.41) is 20.8. The zero-order valence-corrected chi connectivity index (χ0v) is 8.00. The Morgan fingerprint density at radius 2 is 2.17 bits per heavy atom. The number of ether oxygens (including phenoxy) is 1. The summed E-state index contributed by atoms with van der Waals surface area (Å²) in [6.45, 7) is 4.02. The van der Waals surface area contributed by atoms with Crippen LogP contribution in [0.5, 0.6) is 0 Å². The Bertz CT molecular complexity index is 117. The normalized spacial score (nSPS) is 18.8. The zero-order chi connectivity index (χ0) is 9.61. The van der Waals surface area contributed by atoms with Gasteiger partial charge in [0.2, 0.25) is 0 Å². The van der Waals surface area contributed by atoms with Crippen molar-refractivity contribution < 1.29 is 14.9 Å². The van der Waals surface area contributed by atoms with E-state index in [-0.39, 0.29) is 12.7 Å². The van der Waals surface area contributed by atoms with Crippen LogP contribution in [0.4, 0.5) is 0 Å². The van der Waals surface area contributed by atoms with Crippen LogP contribution < -0.4 is 5.32 Å². The second-order valence-corrected chi connectivity index (χ2v) is 2.99. The van der Waals surface area contributed by atoms with Crippen LogP contribution in [0, 0.1) is 0 Å². The maximum atomic E-state index is 9.59. The molecular weight excluding hydrogens is 158 g/mol.